The molecule has 31 heavy (non-hydrogen) atoms. The molecule has 0 saturated carbocycles. The second-order valence-corrected chi connectivity index (χ2v) is 7.09. The van der Waals surface area contributed by atoms with E-state index in [1.807, 2.05) is 62.4 Å². The van der Waals surface area contributed by atoms with E-state index in [1.54, 1.807) is 10.7 Å². The van der Waals surface area contributed by atoms with Crippen LogP contribution in [0.3, 0.4) is 0 Å². The van der Waals surface area contributed by atoms with Crippen LogP contribution in [0.25, 0.3) is 17.1 Å². The van der Waals surface area contributed by atoms with Gasteiger partial charge in [-0.05, 0) is 37.6 Å². The zero-order valence-corrected chi connectivity index (χ0v) is 16.9. The number of nitro groups is 1. The van der Waals surface area contributed by atoms with E-state index in [4.69, 9.17) is 0 Å². The second-order valence-electron chi connectivity index (χ2n) is 7.09. The van der Waals surface area contributed by atoms with Crippen molar-refractivity contribution in [3.05, 3.63) is 99.9 Å². The van der Waals surface area contributed by atoms with Gasteiger partial charge in [0.15, 0.2) is 5.82 Å². The van der Waals surface area contributed by atoms with Crippen LogP contribution < -0.4 is 5.32 Å². The number of non-ortho nitro benzene ring substituents is 1. The molecule has 0 fully saturated rings. The molecule has 8 nitrogen and oxygen atoms in total. The molecule has 4 aromatic rings. The van der Waals surface area contributed by atoms with Crippen LogP contribution in [-0.2, 0) is 0 Å². The highest BCUT2D eigenvalue weighted by Gasteiger charge is 2.20. The number of nitrogens with zero attached hydrogens (tertiary/aromatic N) is 4. The Kier molecular flexibility index (Phi) is 5.28. The first-order valence-corrected chi connectivity index (χ1v) is 9.58. The predicted octanol–water partition coefficient (Wildman–Crippen LogP) is 4.71. The van der Waals surface area contributed by atoms with Crippen molar-refractivity contribution in [1.82, 2.24) is 14.8 Å². The lowest BCUT2D eigenvalue weighted by Gasteiger charge is -2.09. The summed E-state index contributed by atoms with van der Waals surface area (Å²) in [6, 6.07) is 21.2. The fourth-order valence-corrected chi connectivity index (χ4v) is 3.23. The summed E-state index contributed by atoms with van der Waals surface area (Å²) in [5.41, 5.74) is 3.85. The molecule has 0 aliphatic rings. The Labute approximate surface area is 178 Å². The average molecular weight is 413 g/mol. The molecule has 1 N–H and O–H groups in total. The molecular formula is C23H19N5O3. The first-order chi connectivity index (χ1) is 14.9. The number of benzene rings is 3. The van der Waals surface area contributed by atoms with E-state index < -0.39 is 10.8 Å². The summed E-state index contributed by atoms with van der Waals surface area (Å²) in [6.45, 7) is 3.94. The Morgan fingerprint density at radius 2 is 1.77 bits per heavy atom. The first-order valence-electron chi connectivity index (χ1n) is 9.58. The van der Waals surface area contributed by atoms with Crippen LogP contribution in [0.2, 0.25) is 0 Å². The van der Waals surface area contributed by atoms with Gasteiger partial charge in [-0.15, -0.1) is 5.10 Å². The van der Waals surface area contributed by atoms with Crippen molar-refractivity contribution < 1.29 is 9.72 Å². The summed E-state index contributed by atoms with van der Waals surface area (Å²) in [4.78, 5) is 27.8. The average Bonchev–Trinajstić information content (AvgIpc) is 3.20. The number of para-hydroxylation sites is 1. The number of hydrogen-bond donors (Lipinski definition) is 1. The standard InChI is InChI=1S/C23H19N5O3/c1-15-7-5-9-17(13-15)22-25-21(26-27(22)20-12-4-3-8-16(20)2)23(29)24-18-10-6-11-19(14-18)28(30)31/h3-14H,1-2H3,(H,24,29). The Balaban J connectivity index is 1.76. The number of amides is 1. The fourth-order valence-electron chi connectivity index (χ4n) is 3.23. The molecule has 0 atom stereocenters. The zero-order chi connectivity index (χ0) is 22.0. The van der Waals surface area contributed by atoms with Crippen molar-refractivity contribution >= 4 is 17.3 Å². The predicted molar refractivity (Wildman–Crippen MR) is 117 cm³/mol. The number of nitro benzene ring substituents is 1. The van der Waals surface area contributed by atoms with E-state index in [-0.39, 0.29) is 11.5 Å². The maximum atomic E-state index is 12.9. The van der Waals surface area contributed by atoms with Crippen LogP contribution in [0.1, 0.15) is 21.7 Å². The quantitative estimate of drug-likeness (QED) is 0.377. The van der Waals surface area contributed by atoms with Gasteiger partial charge in [-0.3, -0.25) is 14.9 Å². The molecule has 0 aliphatic heterocycles. The SMILES string of the molecule is Cc1cccc(-c2nc(C(=O)Nc3cccc([N+](=O)[O-])c3)nn2-c2ccccc2C)c1. The minimum absolute atomic E-state index is 0.0359. The molecule has 154 valence electrons. The van der Waals surface area contributed by atoms with Crippen molar-refractivity contribution in [1.29, 1.82) is 0 Å². The number of hydrogen-bond acceptors (Lipinski definition) is 5. The third-order valence-corrected chi connectivity index (χ3v) is 4.74. The van der Waals surface area contributed by atoms with E-state index in [0.29, 0.717) is 11.5 Å². The Hall–Kier alpha value is -4.33. The van der Waals surface area contributed by atoms with Gasteiger partial charge in [-0.2, -0.15) is 0 Å². The van der Waals surface area contributed by atoms with E-state index in [1.165, 1.54) is 18.2 Å². The van der Waals surface area contributed by atoms with Gasteiger partial charge in [0.1, 0.15) is 0 Å². The number of anilines is 1. The minimum Gasteiger partial charge on any atom is -0.319 e. The fraction of sp³-hybridized carbons (Fsp3) is 0.0870. The molecule has 4 rings (SSSR count). The smallest absolute Gasteiger partial charge is 0.295 e. The molecule has 0 unspecified atom stereocenters. The maximum absolute atomic E-state index is 12.9. The molecule has 8 heteroatoms. The van der Waals surface area contributed by atoms with Gasteiger partial charge >= 0.3 is 0 Å². The van der Waals surface area contributed by atoms with Crippen LogP contribution in [0.15, 0.2) is 72.8 Å². The highest BCUT2D eigenvalue weighted by molar-refractivity contribution is 6.02. The van der Waals surface area contributed by atoms with Crippen LogP contribution in [0.4, 0.5) is 11.4 Å². The summed E-state index contributed by atoms with van der Waals surface area (Å²) in [5.74, 6) is -0.0600. The van der Waals surface area contributed by atoms with Gasteiger partial charge in [0.2, 0.25) is 5.82 Å². The van der Waals surface area contributed by atoms with Crippen LogP contribution in [0.5, 0.6) is 0 Å². The third-order valence-electron chi connectivity index (χ3n) is 4.74. The molecule has 0 bridgehead atoms. The van der Waals surface area contributed by atoms with Crippen LogP contribution >= 0.6 is 0 Å². The Bertz CT molecular complexity index is 1300. The van der Waals surface area contributed by atoms with Gasteiger partial charge in [0, 0.05) is 23.4 Å². The summed E-state index contributed by atoms with van der Waals surface area (Å²) in [5, 5.41) is 18.1. The normalized spacial score (nSPS) is 10.6. The summed E-state index contributed by atoms with van der Waals surface area (Å²) < 4.78 is 1.65. The molecule has 0 spiro atoms. The van der Waals surface area contributed by atoms with Crippen molar-refractivity contribution in [3.63, 3.8) is 0 Å². The molecule has 0 radical (unpaired) electrons. The molecular weight excluding hydrogens is 394 g/mol. The third kappa shape index (κ3) is 4.18. The summed E-state index contributed by atoms with van der Waals surface area (Å²) in [7, 11) is 0. The first kappa shape index (κ1) is 20.0. The van der Waals surface area contributed by atoms with Gasteiger partial charge in [-0.1, -0.05) is 48.0 Å². The molecule has 0 aliphatic carbocycles. The van der Waals surface area contributed by atoms with Crippen molar-refractivity contribution in [2.24, 2.45) is 0 Å². The van der Waals surface area contributed by atoms with E-state index >= 15 is 0 Å². The van der Waals surface area contributed by atoms with E-state index in [0.717, 1.165) is 22.4 Å². The van der Waals surface area contributed by atoms with Crippen LogP contribution in [0, 0.1) is 24.0 Å². The number of aryl methyl sites for hydroxylation is 2. The number of carbonyl (C=O) groups excluding carboxylic acids is 1. The molecule has 1 amide bonds. The maximum Gasteiger partial charge on any atom is 0.295 e. The zero-order valence-electron chi connectivity index (χ0n) is 16.9. The lowest BCUT2D eigenvalue weighted by molar-refractivity contribution is -0.384. The number of rotatable bonds is 5. The Morgan fingerprint density at radius 3 is 2.52 bits per heavy atom. The van der Waals surface area contributed by atoms with Crippen molar-refractivity contribution in [3.8, 4) is 17.1 Å². The second kappa shape index (κ2) is 8.19. The monoisotopic (exact) mass is 413 g/mol. The van der Waals surface area contributed by atoms with E-state index in [2.05, 4.69) is 15.4 Å². The highest BCUT2D eigenvalue weighted by atomic mass is 16.6. The van der Waals surface area contributed by atoms with Crippen LogP contribution in [-0.4, -0.2) is 25.6 Å². The topological polar surface area (TPSA) is 103 Å². The number of nitrogens with one attached hydrogen (secondary N) is 1. The lowest BCUT2D eigenvalue weighted by Crippen LogP contribution is -2.14. The van der Waals surface area contributed by atoms with Gasteiger partial charge in [-0.25, -0.2) is 9.67 Å². The number of aromatic nitrogens is 3. The number of carbonyl (C=O) groups is 1. The van der Waals surface area contributed by atoms with Gasteiger partial charge in [0.25, 0.3) is 11.6 Å². The molecule has 3 aromatic carbocycles. The van der Waals surface area contributed by atoms with Gasteiger partial charge < -0.3 is 5.32 Å². The molecule has 1 heterocycles. The van der Waals surface area contributed by atoms with Crippen molar-refractivity contribution in [2.45, 2.75) is 13.8 Å². The minimum atomic E-state index is -0.554. The Morgan fingerprint density at radius 1 is 1.00 bits per heavy atom. The molecule has 1 aromatic heterocycles. The lowest BCUT2D eigenvalue weighted by atomic mass is 10.1. The molecule has 0 saturated heterocycles. The highest BCUT2D eigenvalue weighted by Crippen LogP contribution is 2.24. The largest absolute Gasteiger partial charge is 0.319 e. The summed E-state index contributed by atoms with van der Waals surface area (Å²) >= 11 is 0. The van der Waals surface area contributed by atoms with Crippen molar-refractivity contribution in [2.75, 3.05) is 5.32 Å². The van der Waals surface area contributed by atoms with E-state index in [9.17, 15) is 14.9 Å². The summed E-state index contributed by atoms with van der Waals surface area (Å²) in [6.07, 6.45) is 0. The van der Waals surface area contributed by atoms with Gasteiger partial charge in [0.05, 0.1) is 10.6 Å².